The molecule has 1 aliphatic heterocycles. The zero-order valence-electron chi connectivity index (χ0n) is 16.2. The summed E-state index contributed by atoms with van der Waals surface area (Å²) in [4.78, 5) is 8.49. The predicted molar refractivity (Wildman–Crippen MR) is 106 cm³/mol. The molecule has 0 spiro atoms. The lowest BCUT2D eigenvalue weighted by atomic mass is 10.2. The average molecular weight is 389 g/mol. The number of ether oxygens (including phenoxy) is 2. The van der Waals surface area contributed by atoms with Crippen LogP contribution in [0.5, 0.6) is 0 Å². The van der Waals surface area contributed by atoms with Crippen LogP contribution in [0.2, 0.25) is 0 Å². The van der Waals surface area contributed by atoms with Gasteiger partial charge in [-0.2, -0.15) is 0 Å². The number of aromatic nitrogens is 2. The number of hydrogen-bond donors (Lipinski definition) is 2. The van der Waals surface area contributed by atoms with Gasteiger partial charge in [-0.25, -0.2) is 14.4 Å². The number of aliphatic imine (C=N–C) groups is 1. The Bertz CT molecular complexity index is 745. The van der Waals surface area contributed by atoms with Crippen molar-refractivity contribution in [3.63, 3.8) is 0 Å². The van der Waals surface area contributed by atoms with Gasteiger partial charge in [0.05, 0.1) is 31.3 Å². The number of rotatable bonds is 9. The third kappa shape index (κ3) is 6.03. The van der Waals surface area contributed by atoms with Crippen molar-refractivity contribution in [3.05, 3.63) is 48.3 Å². The molecular formula is C20H28FN5O2. The Kier molecular flexibility index (Phi) is 7.81. The second-order valence-corrected chi connectivity index (χ2v) is 6.59. The molecule has 152 valence electrons. The lowest BCUT2D eigenvalue weighted by molar-refractivity contribution is 0.0420. The number of halogens is 1. The van der Waals surface area contributed by atoms with E-state index in [4.69, 9.17) is 9.47 Å². The first-order valence-electron chi connectivity index (χ1n) is 9.74. The smallest absolute Gasteiger partial charge is 0.191 e. The van der Waals surface area contributed by atoms with E-state index in [9.17, 15) is 4.39 Å². The Hall–Kier alpha value is -2.45. The van der Waals surface area contributed by atoms with Gasteiger partial charge < -0.3 is 24.7 Å². The summed E-state index contributed by atoms with van der Waals surface area (Å²) in [7, 11) is 0. The Morgan fingerprint density at radius 3 is 3.07 bits per heavy atom. The molecule has 2 N–H and O–H groups in total. The van der Waals surface area contributed by atoms with Gasteiger partial charge in [0.1, 0.15) is 5.82 Å². The topological polar surface area (TPSA) is 72.7 Å². The van der Waals surface area contributed by atoms with Crippen LogP contribution in [0.25, 0.3) is 5.69 Å². The van der Waals surface area contributed by atoms with Gasteiger partial charge >= 0.3 is 0 Å². The first-order chi connectivity index (χ1) is 13.8. The van der Waals surface area contributed by atoms with Crippen LogP contribution in [0.15, 0.2) is 41.9 Å². The van der Waals surface area contributed by atoms with E-state index in [1.807, 2.05) is 13.0 Å². The molecular weight excluding hydrogens is 361 g/mol. The van der Waals surface area contributed by atoms with E-state index < -0.39 is 0 Å². The molecule has 1 aromatic heterocycles. The standard InChI is InChI=1S/C20H28FN5O2/c1-2-23-20(24-7-3-10-28-17-6-11-27-14-17)25-13-16-4-5-19(18(21)12-16)26-9-8-22-15-26/h4-5,8-9,12,15,17H,2-3,6-7,10-11,13-14H2,1H3,(H2,23,24,25). The molecule has 3 rings (SSSR count). The van der Waals surface area contributed by atoms with Crippen molar-refractivity contribution in [2.45, 2.75) is 32.4 Å². The summed E-state index contributed by atoms with van der Waals surface area (Å²) in [5, 5.41) is 6.49. The SMILES string of the molecule is CCNC(=NCc1ccc(-n2ccnc2)c(F)c1)NCCCOC1CCOC1. The predicted octanol–water partition coefficient (Wildman–Crippen LogP) is 2.26. The van der Waals surface area contributed by atoms with Crippen LogP contribution in [-0.2, 0) is 16.0 Å². The molecule has 7 nitrogen and oxygen atoms in total. The Labute approximate surface area is 165 Å². The summed E-state index contributed by atoms with van der Waals surface area (Å²) in [6.07, 6.45) is 7.02. The molecule has 2 aromatic rings. The Morgan fingerprint density at radius 1 is 1.43 bits per heavy atom. The lowest BCUT2D eigenvalue weighted by Gasteiger charge is -2.13. The van der Waals surface area contributed by atoms with Gasteiger partial charge in [0.15, 0.2) is 5.96 Å². The van der Waals surface area contributed by atoms with Gasteiger partial charge in [-0.05, 0) is 37.5 Å². The van der Waals surface area contributed by atoms with Crippen molar-refractivity contribution < 1.29 is 13.9 Å². The van der Waals surface area contributed by atoms with Gasteiger partial charge in [-0.1, -0.05) is 6.07 Å². The van der Waals surface area contributed by atoms with Crippen molar-refractivity contribution in [1.29, 1.82) is 0 Å². The molecule has 28 heavy (non-hydrogen) atoms. The van der Waals surface area contributed by atoms with E-state index in [1.165, 1.54) is 6.07 Å². The molecule has 2 heterocycles. The Morgan fingerprint density at radius 2 is 2.36 bits per heavy atom. The van der Waals surface area contributed by atoms with Gasteiger partial charge in [-0.15, -0.1) is 0 Å². The molecule has 1 saturated heterocycles. The van der Waals surface area contributed by atoms with E-state index in [0.717, 1.165) is 38.1 Å². The van der Waals surface area contributed by atoms with Crippen LogP contribution in [-0.4, -0.2) is 54.5 Å². The largest absolute Gasteiger partial charge is 0.379 e. The summed E-state index contributed by atoms with van der Waals surface area (Å²) >= 11 is 0. The lowest BCUT2D eigenvalue weighted by Crippen LogP contribution is -2.38. The molecule has 0 saturated carbocycles. The Balaban J connectivity index is 1.47. The minimum Gasteiger partial charge on any atom is -0.379 e. The number of guanidine groups is 1. The van der Waals surface area contributed by atoms with Crippen LogP contribution < -0.4 is 10.6 Å². The maximum absolute atomic E-state index is 14.4. The van der Waals surface area contributed by atoms with Crippen LogP contribution in [0, 0.1) is 5.82 Å². The maximum atomic E-state index is 14.4. The molecule has 0 radical (unpaired) electrons. The second-order valence-electron chi connectivity index (χ2n) is 6.59. The summed E-state index contributed by atoms with van der Waals surface area (Å²) in [6, 6.07) is 5.13. The number of nitrogens with zero attached hydrogens (tertiary/aromatic N) is 3. The molecule has 1 aromatic carbocycles. The molecule has 1 fully saturated rings. The minimum absolute atomic E-state index is 0.238. The van der Waals surface area contributed by atoms with Gasteiger partial charge in [0, 0.05) is 38.7 Å². The molecule has 1 atom stereocenters. The van der Waals surface area contributed by atoms with Crippen molar-refractivity contribution in [1.82, 2.24) is 20.2 Å². The summed E-state index contributed by atoms with van der Waals surface area (Å²) in [5.74, 6) is 0.419. The molecule has 0 bridgehead atoms. The van der Waals surface area contributed by atoms with Crippen LogP contribution >= 0.6 is 0 Å². The van der Waals surface area contributed by atoms with Crippen LogP contribution in [0.1, 0.15) is 25.3 Å². The maximum Gasteiger partial charge on any atom is 0.191 e. The number of nitrogens with one attached hydrogen (secondary N) is 2. The van der Waals surface area contributed by atoms with Crippen molar-refractivity contribution in [2.75, 3.05) is 32.9 Å². The fourth-order valence-corrected chi connectivity index (χ4v) is 2.95. The first kappa shape index (κ1) is 20.3. The second kappa shape index (κ2) is 10.8. The average Bonchev–Trinajstić information content (AvgIpc) is 3.40. The minimum atomic E-state index is -0.295. The third-order valence-electron chi connectivity index (χ3n) is 4.41. The van der Waals surface area contributed by atoms with Crippen LogP contribution in [0.4, 0.5) is 4.39 Å². The highest BCUT2D eigenvalue weighted by atomic mass is 19.1. The molecule has 8 heteroatoms. The van der Waals surface area contributed by atoms with E-state index in [0.29, 0.717) is 31.4 Å². The highest BCUT2D eigenvalue weighted by Gasteiger charge is 2.15. The molecule has 0 amide bonds. The molecule has 0 aliphatic carbocycles. The molecule has 1 aliphatic rings. The van der Waals surface area contributed by atoms with E-state index in [2.05, 4.69) is 20.6 Å². The summed E-state index contributed by atoms with van der Waals surface area (Å²) in [5.41, 5.74) is 1.28. The van der Waals surface area contributed by atoms with Crippen molar-refractivity contribution in [2.24, 2.45) is 4.99 Å². The normalized spacial score (nSPS) is 17.1. The number of imidazole rings is 1. The first-order valence-corrected chi connectivity index (χ1v) is 9.74. The van der Waals surface area contributed by atoms with E-state index >= 15 is 0 Å². The molecule has 1 unspecified atom stereocenters. The van der Waals surface area contributed by atoms with Crippen molar-refractivity contribution >= 4 is 5.96 Å². The van der Waals surface area contributed by atoms with Crippen molar-refractivity contribution in [3.8, 4) is 5.69 Å². The summed E-state index contributed by atoms with van der Waals surface area (Å²) < 4.78 is 27.0. The zero-order chi connectivity index (χ0) is 19.6. The van der Waals surface area contributed by atoms with E-state index in [-0.39, 0.29) is 11.9 Å². The highest BCUT2D eigenvalue weighted by Crippen LogP contribution is 2.15. The fourth-order valence-electron chi connectivity index (χ4n) is 2.95. The summed E-state index contributed by atoms with van der Waals surface area (Å²) in [6.45, 7) is 6.12. The quantitative estimate of drug-likeness (QED) is 0.391. The third-order valence-corrected chi connectivity index (χ3v) is 4.41. The zero-order valence-corrected chi connectivity index (χ0v) is 16.2. The van der Waals surface area contributed by atoms with Gasteiger partial charge in [0.2, 0.25) is 0 Å². The van der Waals surface area contributed by atoms with E-state index in [1.54, 1.807) is 29.4 Å². The number of benzene rings is 1. The van der Waals surface area contributed by atoms with Crippen LogP contribution in [0.3, 0.4) is 0 Å². The monoisotopic (exact) mass is 389 g/mol. The van der Waals surface area contributed by atoms with Gasteiger partial charge in [-0.3, -0.25) is 0 Å². The van der Waals surface area contributed by atoms with Gasteiger partial charge in [0.25, 0.3) is 0 Å². The fraction of sp³-hybridized carbons (Fsp3) is 0.500. The number of hydrogen-bond acceptors (Lipinski definition) is 4. The highest BCUT2D eigenvalue weighted by molar-refractivity contribution is 5.79.